The minimum absolute atomic E-state index is 0.00883. The van der Waals surface area contributed by atoms with E-state index in [2.05, 4.69) is 80.5 Å². The second kappa shape index (κ2) is 30.1. The van der Waals surface area contributed by atoms with Gasteiger partial charge in [0.2, 0.25) is 0 Å². The van der Waals surface area contributed by atoms with Crippen LogP contribution in [0.25, 0.3) is 0 Å². The minimum atomic E-state index is -0.807. The molecule has 6 aromatic carbocycles. The van der Waals surface area contributed by atoms with E-state index in [1.54, 1.807) is 49.9 Å². The van der Waals surface area contributed by atoms with Gasteiger partial charge in [0.05, 0.1) is 16.4 Å². The molecule has 4 atom stereocenters. The fraction of sp³-hybridized carbons (Fsp3) is 0.562. The number of carbonyl (C=O) groups is 6. The Hall–Kier alpha value is -7.86. The lowest BCUT2D eigenvalue weighted by atomic mass is 9.82. The topological polar surface area (TPSA) is 122 Å². The third kappa shape index (κ3) is 19.1. The normalized spacial score (nSPS) is 20.4. The van der Waals surface area contributed by atoms with Crippen LogP contribution in [0.2, 0.25) is 0 Å². The van der Waals surface area contributed by atoms with Gasteiger partial charge in [0, 0.05) is 106 Å². The molecular weight excluding hydrogens is 1330 g/mol. The Balaban J connectivity index is 0.000000199. The molecule has 0 fully saturated rings. The quantitative estimate of drug-likeness (QED) is 0.149. The van der Waals surface area contributed by atoms with Crippen molar-refractivity contribution in [2.45, 2.75) is 354 Å². The van der Waals surface area contributed by atoms with Gasteiger partial charge in [-0.1, -0.05) is 234 Å². The van der Waals surface area contributed by atoms with Crippen LogP contribution in [0.4, 0.5) is 0 Å². The monoisotopic (exact) mass is 1480 g/mol. The summed E-state index contributed by atoms with van der Waals surface area (Å²) in [6.45, 7) is 69.8. The SMILES string of the molecule is CC(C)(C)c1cccc2c1C(=O)N(C(C)(C)C)C2.[2H]c1c([2H])c2c(c(C(C)(C)C)c1[2H])C(=O)N(C(C)(C)C)C2.[2H]c1cc2c(c(C(C)(C)C)c1)C(=O)N(C(C)(C)C)C2[2H].[2H]c1cc2c(c(C(C)(C)C)c1[2H])C(=O)N(C(C)(C)C)C2[2H].[2H]c1ccc(C(C)(C)C)c2c1C([2H])N(C(C)(C)C)C2=O.[2H]c1ccc2c(c1C(C)(C)C)C(=O)N(C(C)(C)C)C2[2H]. The highest BCUT2D eigenvalue weighted by molar-refractivity contribution is 6.04. The summed E-state index contributed by atoms with van der Waals surface area (Å²) in [5, 5.41) is 0. The first-order valence-electron chi connectivity index (χ1n) is 44.5. The minimum Gasteiger partial charge on any atom is -0.329 e. The van der Waals surface area contributed by atoms with Gasteiger partial charge >= 0.3 is 0 Å². The van der Waals surface area contributed by atoms with Crippen molar-refractivity contribution in [3.05, 3.63) is 209 Å². The predicted octanol–water partition coefficient (Wildman–Crippen LogP) is 22.4. The van der Waals surface area contributed by atoms with Gasteiger partial charge in [-0.3, -0.25) is 28.8 Å². The lowest BCUT2D eigenvalue weighted by molar-refractivity contribution is 0.0599. The van der Waals surface area contributed by atoms with Gasteiger partial charge in [0.1, 0.15) is 0 Å². The van der Waals surface area contributed by atoms with E-state index in [-0.39, 0.29) is 104 Å². The van der Waals surface area contributed by atoms with Crippen LogP contribution >= 0.6 is 0 Å². The lowest BCUT2D eigenvalue weighted by Gasteiger charge is -2.32. The molecular formula is C96H138N6O6. The Labute approximate surface area is 670 Å². The van der Waals surface area contributed by atoms with Gasteiger partial charge in [-0.25, -0.2) is 0 Å². The van der Waals surface area contributed by atoms with E-state index in [0.717, 1.165) is 39.9 Å². The molecule has 6 amide bonds. The molecule has 0 bridgehead atoms. The van der Waals surface area contributed by atoms with E-state index in [4.69, 9.17) is 16.4 Å². The van der Waals surface area contributed by atoms with E-state index in [1.165, 1.54) is 16.5 Å². The zero-order valence-corrected chi connectivity index (χ0v) is 72.6. The van der Waals surface area contributed by atoms with Crippen LogP contribution < -0.4 is 0 Å². The zero-order chi connectivity index (χ0) is 92.7. The molecule has 0 aromatic heterocycles. The van der Waals surface area contributed by atoms with Crippen molar-refractivity contribution in [1.82, 2.24) is 29.4 Å². The first-order valence-corrected chi connectivity index (χ1v) is 38.2. The Bertz CT molecular complexity index is 5030. The molecule has 6 aromatic rings. The van der Waals surface area contributed by atoms with E-state index in [1.807, 2.05) is 198 Å². The van der Waals surface area contributed by atoms with Crippen LogP contribution in [0, 0.1) is 0 Å². The summed E-state index contributed by atoms with van der Waals surface area (Å²) in [6.07, 6.45) is 0. The van der Waals surface area contributed by atoms with Crippen molar-refractivity contribution >= 4 is 35.4 Å². The van der Waals surface area contributed by atoms with E-state index in [0.29, 0.717) is 79.8 Å². The average molecular weight is 1480 g/mol. The Morgan fingerprint density at radius 3 is 0.852 bits per heavy atom. The molecule has 108 heavy (non-hydrogen) atoms. The van der Waals surface area contributed by atoms with E-state index >= 15 is 0 Å². The van der Waals surface area contributed by atoms with Crippen LogP contribution in [0.3, 0.4) is 0 Å². The summed E-state index contributed by atoms with van der Waals surface area (Å²) in [4.78, 5) is 86.7. The van der Waals surface area contributed by atoms with Crippen molar-refractivity contribution in [2.24, 2.45) is 0 Å². The molecule has 588 valence electrons. The average Bonchev–Trinajstić information content (AvgIpc) is 1.61. The summed E-state index contributed by atoms with van der Waals surface area (Å²) in [6, 6.07) is 19.4. The highest BCUT2D eigenvalue weighted by Gasteiger charge is 2.44. The van der Waals surface area contributed by atoms with Crippen molar-refractivity contribution in [3.63, 3.8) is 0 Å². The number of hydrogen-bond acceptors (Lipinski definition) is 6. The number of carbonyl (C=O) groups excluding carboxylic acids is 6. The number of benzene rings is 6. The van der Waals surface area contributed by atoms with Crippen LogP contribution in [0.1, 0.15) is 395 Å². The second-order valence-electron chi connectivity index (χ2n) is 41.6. The van der Waals surface area contributed by atoms with E-state index in [9.17, 15) is 28.8 Å². The molecule has 0 saturated carbocycles. The summed E-state index contributed by atoms with van der Waals surface area (Å²) < 4.78 is 98.2. The molecule has 4 unspecified atom stereocenters. The van der Waals surface area contributed by atoms with Crippen molar-refractivity contribution in [1.29, 1.82) is 0 Å². The molecule has 12 nitrogen and oxygen atoms in total. The summed E-state index contributed by atoms with van der Waals surface area (Å²) in [7, 11) is 0. The van der Waals surface area contributed by atoms with Gasteiger partial charge in [-0.2, -0.15) is 0 Å². The summed E-state index contributed by atoms with van der Waals surface area (Å²) in [5.74, 6) is -0.459. The highest BCUT2D eigenvalue weighted by Crippen LogP contribution is 2.43. The summed E-state index contributed by atoms with van der Waals surface area (Å²) in [5.41, 5.74) is 9.13. The molecule has 6 aliphatic rings. The van der Waals surface area contributed by atoms with Gasteiger partial charge < -0.3 is 29.4 Å². The van der Waals surface area contributed by atoms with Crippen molar-refractivity contribution < 1.29 is 45.2 Å². The molecule has 0 saturated heterocycles. The van der Waals surface area contributed by atoms with Gasteiger partial charge in [0.15, 0.2) is 0 Å². The molecule has 0 radical (unpaired) electrons. The predicted molar refractivity (Wildman–Crippen MR) is 449 cm³/mol. The molecule has 12 rings (SSSR count). The largest absolute Gasteiger partial charge is 0.329 e. The second-order valence-corrected chi connectivity index (χ2v) is 41.6. The Kier molecular flexibility index (Phi) is 19.6. The third-order valence-electron chi connectivity index (χ3n) is 19.7. The number of hydrogen-bond donors (Lipinski definition) is 0. The number of fused-ring (bicyclic) bond motifs is 6. The van der Waals surface area contributed by atoms with Crippen molar-refractivity contribution in [2.75, 3.05) is 0 Å². The van der Waals surface area contributed by atoms with Gasteiger partial charge in [0.25, 0.3) is 35.4 Å². The van der Waals surface area contributed by atoms with Crippen molar-refractivity contribution in [3.8, 4) is 0 Å². The maximum atomic E-state index is 12.8. The van der Waals surface area contributed by atoms with E-state index < -0.39 is 59.1 Å². The smallest absolute Gasteiger partial charge is 0.255 e. The first kappa shape index (κ1) is 70.5. The lowest BCUT2D eigenvalue weighted by Crippen LogP contribution is -2.41. The molecule has 0 spiro atoms. The van der Waals surface area contributed by atoms with Gasteiger partial charge in [-0.15, -0.1) is 0 Å². The molecule has 6 heterocycles. The summed E-state index contributed by atoms with van der Waals surface area (Å²) >= 11 is 0. The van der Waals surface area contributed by atoms with Crippen LogP contribution in [-0.4, -0.2) is 98.1 Å². The molecule has 6 aliphatic heterocycles. The van der Waals surface area contributed by atoms with Crippen LogP contribution in [0.5, 0.6) is 0 Å². The number of rotatable bonds is 0. The Morgan fingerprint density at radius 2 is 0.481 bits per heavy atom. The van der Waals surface area contributed by atoms with Gasteiger partial charge in [-0.05, 0) is 224 Å². The first-order chi connectivity index (χ1) is 53.7. The standard InChI is InChI=1S/6C16H23NO/c6*1-15(2,3)12-9-7-8-11-10-17(16(4,5)6)14(18)13(11)12/h6*7-9H,10H2,1-6H3/i7D,9D,10D;7D,8D,9D;9D,10D;8D,10D;7D,10D;. The maximum absolute atomic E-state index is 12.8. The third-order valence-corrected chi connectivity index (χ3v) is 19.7. The fourth-order valence-corrected chi connectivity index (χ4v) is 13.8. The highest BCUT2D eigenvalue weighted by atomic mass is 16.2. The molecule has 0 N–H and O–H groups in total. The van der Waals surface area contributed by atoms with Crippen LogP contribution in [-0.2, 0) is 71.7 Å². The van der Waals surface area contributed by atoms with Crippen LogP contribution in [0.15, 0.2) is 109 Å². The number of nitrogens with zero attached hydrogens (tertiary/aromatic N) is 6. The fourth-order valence-electron chi connectivity index (χ4n) is 13.8. The number of amides is 6. The maximum Gasteiger partial charge on any atom is 0.255 e. The zero-order valence-electron chi connectivity index (χ0n) is 84.6. The Morgan fingerprint density at radius 1 is 0.231 bits per heavy atom. The molecule has 0 aliphatic carbocycles. The molecule has 12 heteroatoms.